The van der Waals surface area contributed by atoms with E-state index >= 15 is 0 Å². The molecule has 1 aliphatic carbocycles. The number of urea groups is 1. The van der Waals surface area contributed by atoms with Gasteiger partial charge in [-0.05, 0) is 18.8 Å². The summed E-state index contributed by atoms with van der Waals surface area (Å²) in [5.74, 6) is -1.59. The molecule has 0 bridgehead atoms. The average molecular weight is 408 g/mol. The molecule has 29 heavy (non-hydrogen) atoms. The number of carbonyl (C=O) groups is 5. The minimum absolute atomic E-state index is 0.00367. The fourth-order valence-electron chi connectivity index (χ4n) is 4.32. The zero-order valence-electron chi connectivity index (χ0n) is 16.9. The number of imide groups is 1. The third-order valence-corrected chi connectivity index (χ3v) is 6.22. The first-order chi connectivity index (χ1) is 13.7. The molecule has 0 aromatic heterocycles. The molecule has 10 heteroatoms. The van der Waals surface area contributed by atoms with Crippen molar-refractivity contribution in [2.45, 2.75) is 45.1 Å². The van der Waals surface area contributed by atoms with Crippen molar-refractivity contribution in [3.05, 3.63) is 0 Å². The molecular weight excluding hydrogens is 380 g/mol. The van der Waals surface area contributed by atoms with Gasteiger partial charge in [0.15, 0.2) is 6.61 Å². The van der Waals surface area contributed by atoms with Crippen LogP contribution in [-0.4, -0.2) is 89.3 Å². The van der Waals surface area contributed by atoms with Gasteiger partial charge < -0.3 is 19.9 Å². The summed E-state index contributed by atoms with van der Waals surface area (Å²) in [6.45, 7) is 4.09. The molecule has 160 valence electrons. The summed E-state index contributed by atoms with van der Waals surface area (Å²) < 4.78 is 5.01. The highest BCUT2D eigenvalue weighted by Crippen LogP contribution is 2.38. The normalized spacial score (nSPS) is 27.2. The Morgan fingerprint density at radius 1 is 1.10 bits per heavy atom. The van der Waals surface area contributed by atoms with Gasteiger partial charge in [0.25, 0.3) is 11.8 Å². The molecule has 3 aliphatic rings. The monoisotopic (exact) mass is 408 g/mol. The molecule has 2 atom stereocenters. The molecule has 1 N–H and O–H groups in total. The van der Waals surface area contributed by atoms with Crippen LogP contribution < -0.4 is 5.32 Å². The zero-order chi connectivity index (χ0) is 21.2. The molecule has 0 unspecified atom stereocenters. The molecule has 1 spiro atoms. The molecule has 2 heterocycles. The Morgan fingerprint density at radius 2 is 1.76 bits per heavy atom. The van der Waals surface area contributed by atoms with Gasteiger partial charge in [-0.2, -0.15) is 0 Å². The van der Waals surface area contributed by atoms with Gasteiger partial charge in [-0.15, -0.1) is 0 Å². The van der Waals surface area contributed by atoms with Crippen molar-refractivity contribution in [2.24, 2.45) is 5.92 Å². The van der Waals surface area contributed by atoms with Gasteiger partial charge in [0, 0.05) is 33.1 Å². The lowest BCUT2D eigenvalue weighted by Crippen LogP contribution is -2.54. The summed E-state index contributed by atoms with van der Waals surface area (Å²) >= 11 is 0. The summed E-state index contributed by atoms with van der Waals surface area (Å²) in [6, 6.07) is -0.590. The van der Waals surface area contributed by atoms with Gasteiger partial charge in [-0.3, -0.25) is 24.1 Å². The zero-order valence-corrected chi connectivity index (χ0v) is 16.9. The van der Waals surface area contributed by atoms with Gasteiger partial charge in [-0.1, -0.05) is 19.8 Å². The smallest absolute Gasteiger partial charge is 0.326 e. The number of rotatable bonds is 4. The summed E-state index contributed by atoms with van der Waals surface area (Å²) in [7, 11) is 0. The van der Waals surface area contributed by atoms with Gasteiger partial charge >= 0.3 is 12.0 Å². The SMILES string of the molecule is CC(=O)N1CCN(C(=O)COC(=O)CN2C(=O)N[C@@]3(CCCC[C@@H]3C)C2=O)CC1. The lowest BCUT2D eigenvalue weighted by atomic mass is 9.73. The maximum atomic E-state index is 12.8. The number of esters is 1. The number of nitrogens with one attached hydrogen (secondary N) is 1. The number of ether oxygens (including phenoxy) is 1. The van der Waals surface area contributed by atoms with Gasteiger partial charge in [-0.25, -0.2) is 4.79 Å². The number of amides is 5. The predicted molar refractivity (Wildman–Crippen MR) is 100 cm³/mol. The Balaban J connectivity index is 1.48. The Morgan fingerprint density at radius 3 is 2.38 bits per heavy atom. The minimum atomic E-state index is -0.929. The second-order valence-electron chi connectivity index (χ2n) is 7.99. The quantitative estimate of drug-likeness (QED) is 0.505. The molecule has 3 rings (SSSR count). The fourth-order valence-corrected chi connectivity index (χ4v) is 4.32. The highest BCUT2D eigenvalue weighted by molar-refractivity contribution is 6.09. The van der Waals surface area contributed by atoms with Crippen LogP contribution in [0.5, 0.6) is 0 Å². The van der Waals surface area contributed by atoms with Crippen LogP contribution in [0.15, 0.2) is 0 Å². The Labute approximate surface area is 169 Å². The topological polar surface area (TPSA) is 116 Å². The fraction of sp³-hybridized carbons (Fsp3) is 0.737. The third-order valence-electron chi connectivity index (χ3n) is 6.22. The molecule has 2 aliphatic heterocycles. The molecule has 0 aromatic carbocycles. The number of carbonyl (C=O) groups excluding carboxylic acids is 5. The number of nitrogens with zero attached hydrogens (tertiary/aromatic N) is 3. The molecule has 5 amide bonds. The summed E-state index contributed by atoms with van der Waals surface area (Å²) in [5, 5.41) is 2.78. The van der Waals surface area contributed by atoms with E-state index in [1.165, 1.54) is 11.8 Å². The second-order valence-corrected chi connectivity index (χ2v) is 7.99. The van der Waals surface area contributed by atoms with Crippen LogP contribution in [0.25, 0.3) is 0 Å². The van der Waals surface area contributed by atoms with E-state index in [-0.39, 0.29) is 17.7 Å². The Hall–Kier alpha value is -2.65. The van der Waals surface area contributed by atoms with E-state index in [4.69, 9.17) is 4.74 Å². The van der Waals surface area contributed by atoms with Crippen LogP contribution in [0, 0.1) is 5.92 Å². The first-order valence-corrected chi connectivity index (χ1v) is 10.1. The average Bonchev–Trinajstić information content (AvgIpc) is 2.93. The molecule has 3 fully saturated rings. The van der Waals surface area contributed by atoms with Crippen molar-refractivity contribution in [3.8, 4) is 0 Å². The summed E-state index contributed by atoms with van der Waals surface area (Å²) in [4.78, 5) is 64.9. The lowest BCUT2D eigenvalue weighted by Gasteiger charge is -2.36. The van der Waals surface area contributed by atoms with Crippen LogP contribution in [0.3, 0.4) is 0 Å². The van der Waals surface area contributed by atoms with E-state index in [2.05, 4.69) is 5.32 Å². The van der Waals surface area contributed by atoms with Crippen molar-refractivity contribution >= 4 is 29.7 Å². The van der Waals surface area contributed by atoms with E-state index in [1.54, 1.807) is 4.90 Å². The maximum absolute atomic E-state index is 12.8. The van der Waals surface area contributed by atoms with Gasteiger partial charge in [0.2, 0.25) is 5.91 Å². The molecule has 10 nitrogen and oxygen atoms in total. The Bertz CT molecular complexity index is 717. The van der Waals surface area contributed by atoms with Crippen molar-refractivity contribution in [1.82, 2.24) is 20.0 Å². The Kier molecular flexibility index (Phi) is 6.09. The summed E-state index contributed by atoms with van der Waals surface area (Å²) in [6.07, 6.45) is 3.27. The largest absolute Gasteiger partial charge is 0.454 e. The van der Waals surface area contributed by atoms with Crippen molar-refractivity contribution < 1.29 is 28.7 Å². The van der Waals surface area contributed by atoms with E-state index in [0.29, 0.717) is 32.6 Å². The van der Waals surface area contributed by atoms with E-state index < -0.39 is 36.6 Å². The van der Waals surface area contributed by atoms with Crippen molar-refractivity contribution in [3.63, 3.8) is 0 Å². The van der Waals surface area contributed by atoms with Gasteiger partial charge in [0.1, 0.15) is 12.1 Å². The van der Waals surface area contributed by atoms with Crippen LogP contribution in [0.4, 0.5) is 4.79 Å². The van der Waals surface area contributed by atoms with Crippen LogP contribution in [0.2, 0.25) is 0 Å². The summed E-state index contributed by atoms with van der Waals surface area (Å²) in [5.41, 5.74) is -0.929. The molecular formula is C19H28N4O6. The molecule has 0 aromatic rings. The molecule has 2 saturated heterocycles. The molecule has 0 radical (unpaired) electrons. The van der Waals surface area contributed by atoms with Crippen LogP contribution >= 0.6 is 0 Å². The molecule has 1 saturated carbocycles. The number of hydrogen-bond donors (Lipinski definition) is 1. The predicted octanol–water partition coefficient (Wildman–Crippen LogP) is -0.279. The standard InChI is InChI=1S/C19H28N4O6/c1-13-5-3-4-6-19(13)17(27)23(18(28)20-19)11-16(26)29-12-15(25)22-9-7-21(8-10-22)14(2)24/h13H,3-12H2,1-2H3,(H,20,28)/t13-,19+/m0/s1. The van der Waals surface area contributed by atoms with E-state index in [0.717, 1.165) is 24.2 Å². The van der Waals surface area contributed by atoms with Crippen LogP contribution in [-0.2, 0) is 23.9 Å². The van der Waals surface area contributed by atoms with Crippen LogP contribution in [0.1, 0.15) is 39.5 Å². The van der Waals surface area contributed by atoms with Gasteiger partial charge in [0.05, 0.1) is 0 Å². The number of hydrogen-bond acceptors (Lipinski definition) is 6. The minimum Gasteiger partial charge on any atom is -0.454 e. The highest BCUT2D eigenvalue weighted by atomic mass is 16.5. The first-order valence-electron chi connectivity index (χ1n) is 10.1. The van der Waals surface area contributed by atoms with Crippen molar-refractivity contribution in [2.75, 3.05) is 39.3 Å². The first kappa shape index (κ1) is 21.1. The van der Waals surface area contributed by atoms with E-state index in [9.17, 15) is 24.0 Å². The highest BCUT2D eigenvalue weighted by Gasteiger charge is 2.55. The lowest BCUT2D eigenvalue weighted by molar-refractivity contribution is -0.155. The maximum Gasteiger partial charge on any atom is 0.326 e. The third kappa shape index (κ3) is 4.20. The second kappa shape index (κ2) is 8.38. The van der Waals surface area contributed by atoms with Crippen molar-refractivity contribution in [1.29, 1.82) is 0 Å². The van der Waals surface area contributed by atoms with E-state index in [1.807, 2.05) is 6.92 Å². The number of piperazine rings is 1.